The van der Waals surface area contributed by atoms with Crippen LogP contribution in [0.3, 0.4) is 0 Å². The number of amides is 2. The minimum absolute atomic E-state index is 0.436. The fraction of sp³-hybridized carbons (Fsp3) is 0.800. The summed E-state index contributed by atoms with van der Waals surface area (Å²) in [7, 11) is 0. The molecule has 0 bridgehead atoms. The first kappa shape index (κ1) is 12.8. The highest BCUT2D eigenvalue weighted by Gasteiger charge is 2.16. The van der Waals surface area contributed by atoms with Crippen molar-refractivity contribution in [2.45, 2.75) is 25.8 Å². The number of carbonyl (C=O) groups is 2. The smallest absolute Gasteiger partial charge is 0.325 e. The van der Waals surface area contributed by atoms with E-state index in [1.54, 1.807) is 0 Å². The molecule has 1 aliphatic rings. The molecule has 1 rings (SSSR count). The molecule has 2 amide bonds. The van der Waals surface area contributed by atoms with Gasteiger partial charge >= 0.3 is 12.0 Å². The van der Waals surface area contributed by atoms with Crippen LogP contribution >= 0.6 is 0 Å². The fourth-order valence-corrected chi connectivity index (χ4v) is 1.51. The van der Waals surface area contributed by atoms with Crippen LogP contribution in [0.5, 0.6) is 0 Å². The number of urea groups is 1. The Morgan fingerprint density at radius 2 is 2.31 bits per heavy atom. The Morgan fingerprint density at radius 3 is 2.88 bits per heavy atom. The molecule has 0 spiro atoms. The molecule has 6 heteroatoms. The van der Waals surface area contributed by atoms with Crippen LogP contribution in [0.25, 0.3) is 0 Å². The lowest BCUT2D eigenvalue weighted by molar-refractivity contribution is -0.138. The van der Waals surface area contributed by atoms with Crippen LogP contribution in [0, 0.1) is 5.92 Å². The van der Waals surface area contributed by atoms with E-state index in [9.17, 15) is 9.59 Å². The lowest BCUT2D eigenvalue weighted by atomic mass is 10.1. The van der Waals surface area contributed by atoms with Gasteiger partial charge in [0.25, 0.3) is 0 Å². The lowest BCUT2D eigenvalue weighted by Crippen LogP contribution is -2.44. The number of rotatable bonds is 5. The first-order chi connectivity index (χ1) is 7.59. The van der Waals surface area contributed by atoms with Gasteiger partial charge in [-0.3, -0.25) is 4.79 Å². The second-order valence-corrected chi connectivity index (χ2v) is 3.98. The molecule has 1 unspecified atom stereocenters. The Kier molecular flexibility index (Phi) is 5.04. The van der Waals surface area contributed by atoms with Crippen molar-refractivity contribution >= 4 is 12.0 Å². The maximum atomic E-state index is 11.2. The van der Waals surface area contributed by atoms with E-state index in [4.69, 9.17) is 9.84 Å². The maximum Gasteiger partial charge on any atom is 0.325 e. The van der Waals surface area contributed by atoms with Gasteiger partial charge in [0.15, 0.2) is 0 Å². The fourth-order valence-electron chi connectivity index (χ4n) is 1.51. The van der Waals surface area contributed by atoms with Crippen molar-refractivity contribution in [2.75, 3.05) is 19.8 Å². The average Bonchev–Trinajstić information content (AvgIpc) is 2.70. The predicted molar refractivity (Wildman–Crippen MR) is 57.2 cm³/mol. The Bertz CT molecular complexity index is 251. The first-order valence-corrected chi connectivity index (χ1v) is 5.44. The van der Waals surface area contributed by atoms with E-state index in [2.05, 4.69) is 10.6 Å². The zero-order valence-corrected chi connectivity index (χ0v) is 9.36. The molecule has 1 fully saturated rings. The third-order valence-electron chi connectivity index (χ3n) is 2.58. The van der Waals surface area contributed by atoms with Crippen molar-refractivity contribution in [1.82, 2.24) is 10.6 Å². The maximum absolute atomic E-state index is 11.2. The zero-order valence-electron chi connectivity index (χ0n) is 9.36. The van der Waals surface area contributed by atoms with E-state index in [-0.39, 0.29) is 0 Å². The number of aliphatic carboxylic acids is 1. The Balaban J connectivity index is 2.07. The summed E-state index contributed by atoms with van der Waals surface area (Å²) in [6, 6.07) is -1.30. The van der Waals surface area contributed by atoms with Crippen LogP contribution in [-0.4, -0.2) is 42.9 Å². The third kappa shape index (κ3) is 4.48. The van der Waals surface area contributed by atoms with Gasteiger partial charge in [0.1, 0.15) is 6.04 Å². The summed E-state index contributed by atoms with van der Waals surface area (Å²) in [4.78, 5) is 21.7. The van der Waals surface area contributed by atoms with Gasteiger partial charge in [-0.1, -0.05) is 0 Å². The minimum atomic E-state index is -1.04. The van der Waals surface area contributed by atoms with Crippen LogP contribution < -0.4 is 10.6 Å². The highest BCUT2D eigenvalue weighted by Crippen LogP contribution is 2.14. The lowest BCUT2D eigenvalue weighted by Gasteiger charge is -2.12. The van der Waals surface area contributed by atoms with Crippen LogP contribution in [-0.2, 0) is 9.53 Å². The number of hydrogen-bond acceptors (Lipinski definition) is 3. The summed E-state index contributed by atoms with van der Waals surface area (Å²) in [5.74, 6) is -0.531. The van der Waals surface area contributed by atoms with Crippen LogP contribution in [0.15, 0.2) is 0 Å². The third-order valence-corrected chi connectivity index (χ3v) is 2.58. The van der Waals surface area contributed by atoms with Gasteiger partial charge in [-0.05, 0) is 25.7 Å². The molecule has 1 heterocycles. The van der Waals surface area contributed by atoms with E-state index in [1.807, 2.05) is 0 Å². The van der Waals surface area contributed by atoms with Crippen molar-refractivity contribution in [3.63, 3.8) is 0 Å². The molecule has 16 heavy (non-hydrogen) atoms. The van der Waals surface area contributed by atoms with Crippen LogP contribution in [0.2, 0.25) is 0 Å². The summed E-state index contributed by atoms with van der Waals surface area (Å²) in [6.07, 6.45) is 1.91. The molecule has 2 atom stereocenters. The topological polar surface area (TPSA) is 87.7 Å². The highest BCUT2D eigenvalue weighted by atomic mass is 16.5. The molecule has 0 aromatic rings. The molecule has 0 aliphatic carbocycles. The van der Waals surface area contributed by atoms with Gasteiger partial charge in [-0.25, -0.2) is 4.79 Å². The summed E-state index contributed by atoms with van der Waals surface area (Å²) in [6.45, 7) is 3.53. The molecular weight excluding hydrogens is 212 g/mol. The van der Waals surface area contributed by atoms with Crippen molar-refractivity contribution in [1.29, 1.82) is 0 Å². The number of carboxylic acids is 1. The monoisotopic (exact) mass is 230 g/mol. The van der Waals surface area contributed by atoms with Gasteiger partial charge in [0.2, 0.25) is 0 Å². The number of carboxylic acid groups (broad SMARTS) is 1. The molecule has 0 aromatic heterocycles. The molecule has 0 radical (unpaired) electrons. The Morgan fingerprint density at radius 1 is 1.56 bits per heavy atom. The van der Waals surface area contributed by atoms with E-state index < -0.39 is 18.0 Å². The van der Waals surface area contributed by atoms with E-state index in [0.29, 0.717) is 12.5 Å². The van der Waals surface area contributed by atoms with E-state index in [1.165, 1.54) is 6.92 Å². The summed E-state index contributed by atoms with van der Waals surface area (Å²) in [5, 5.41) is 13.5. The van der Waals surface area contributed by atoms with Crippen molar-refractivity contribution < 1.29 is 19.4 Å². The number of carbonyl (C=O) groups excluding carboxylic acids is 1. The van der Waals surface area contributed by atoms with Gasteiger partial charge in [0, 0.05) is 19.8 Å². The zero-order chi connectivity index (χ0) is 12.0. The second-order valence-electron chi connectivity index (χ2n) is 3.98. The molecule has 1 saturated heterocycles. The minimum Gasteiger partial charge on any atom is -0.480 e. The molecule has 92 valence electrons. The largest absolute Gasteiger partial charge is 0.480 e. The van der Waals surface area contributed by atoms with E-state index in [0.717, 1.165) is 26.1 Å². The van der Waals surface area contributed by atoms with Gasteiger partial charge < -0.3 is 20.5 Å². The molecule has 0 aromatic carbocycles. The normalized spacial score (nSPS) is 21.4. The predicted octanol–water partition coefficient (Wildman–Crippen LogP) is 0.185. The van der Waals surface area contributed by atoms with Crippen LogP contribution in [0.4, 0.5) is 4.79 Å². The second kappa shape index (κ2) is 6.32. The molecule has 1 aliphatic heterocycles. The summed E-state index contributed by atoms with van der Waals surface area (Å²) < 4.78 is 5.20. The SMILES string of the molecule is C[C@@H](NC(=O)NCCC1CCOC1)C(=O)O. The number of ether oxygens (including phenoxy) is 1. The number of nitrogens with one attached hydrogen (secondary N) is 2. The van der Waals surface area contributed by atoms with E-state index >= 15 is 0 Å². The molecule has 3 N–H and O–H groups in total. The summed E-state index contributed by atoms with van der Waals surface area (Å²) in [5.41, 5.74) is 0. The van der Waals surface area contributed by atoms with Crippen molar-refractivity contribution in [2.24, 2.45) is 5.92 Å². The first-order valence-electron chi connectivity index (χ1n) is 5.44. The summed E-state index contributed by atoms with van der Waals surface area (Å²) >= 11 is 0. The molecular formula is C10H18N2O4. The van der Waals surface area contributed by atoms with Gasteiger partial charge in [-0.2, -0.15) is 0 Å². The Hall–Kier alpha value is -1.30. The molecule has 0 saturated carbocycles. The van der Waals surface area contributed by atoms with Crippen LogP contribution in [0.1, 0.15) is 19.8 Å². The quantitative estimate of drug-likeness (QED) is 0.629. The van der Waals surface area contributed by atoms with Gasteiger partial charge in [-0.15, -0.1) is 0 Å². The standard InChI is InChI=1S/C10H18N2O4/c1-7(9(13)14)12-10(15)11-4-2-8-3-5-16-6-8/h7-8H,2-6H2,1H3,(H,13,14)(H2,11,12,15)/t7-,8?/m1/s1. The average molecular weight is 230 g/mol. The number of hydrogen-bond donors (Lipinski definition) is 3. The molecule has 6 nitrogen and oxygen atoms in total. The highest BCUT2D eigenvalue weighted by molar-refractivity contribution is 5.82. The Labute approximate surface area is 94.3 Å². The van der Waals surface area contributed by atoms with Gasteiger partial charge in [0.05, 0.1) is 0 Å². The van der Waals surface area contributed by atoms with Crippen molar-refractivity contribution in [3.05, 3.63) is 0 Å². The van der Waals surface area contributed by atoms with Crippen molar-refractivity contribution in [3.8, 4) is 0 Å².